The van der Waals surface area contributed by atoms with Crippen LogP contribution in [0.2, 0.25) is 5.02 Å². The van der Waals surface area contributed by atoms with E-state index in [-0.39, 0.29) is 11.6 Å². The summed E-state index contributed by atoms with van der Waals surface area (Å²) in [6.07, 6.45) is 0. The lowest BCUT2D eigenvalue weighted by atomic mass is 10.2. The van der Waals surface area contributed by atoms with Gasteiger partial charge in [0.25, 0.3) is 0 Å². The first kappa shape index (κ1) is 14.2. The van der Waals surface area contributed by atoms with Gasteiger partial charge in [0.05, 0.1) is 9.95 Å². The quantitative estimate of drug-likeness (QED) is 0.682. The highest BCUT2D eigenvalue weighted by molar-refractivity contribution is 6.30. The fourth-order valence-corrected chi connectivity index (χ4v) is 1.84. The summed E-state index contributed by atoms with van der Waals surface area (Å²) >= 11 is 5.64. The van der Waals surface area contributed by atoms with Gasteiger partial charge in [-0.15, -0.1) is 0 Å². The molecule has 0 bridgehead atoms. The molecule has 0 radical (unpaired) electrons. The van der Waals surface area contributed by atoms with Gasteiger partial charge in [-0.05, 0) is 18.2 Å². The molecule has 0 saturated carbocycles. The monoisotopic (exact) mass is 298 g/mol. The van der Waals surface area contributed by atoms with E-state index >= 15 is 0 Å². The standard InChI is InChI=1S/C13H9ClF2N2O2/c14-10-3-1-2-8(13(10)16)7-17-9-4-5-11(15)12(6-9)18(19)20/h1-6,17H,7H2. The Kier molecular flexibility index (Phi) is 4.14. The Hall–Kier alpha value is -2.21. The Bertz CT molecular complexity index is 665. The third kappa shape index (κ3) is 3.03. The van der Waals surface area contributed by atoms with Crippen LogP contribution in [-0.4, -0.2) is 4.92 Å². The summed E-state index contributed by atoms with van der Waals surface area (Å²) < 4.78 is 26.8. The molecule has 0 unspecified atom stereocenters. The zero-order valence-electron chi connectivity index (χ0n) is 10.1. The van der Waals surface area contributed by atoms with Crippen molar-refractivity contribution >= 4 is 23.0 Å². The van der Waals surface area contributed by atoms with Gasteiger partial charge in [0.15, 0.2) is 0 Å². The van der Waals surface area contributed by atoms with E-state index in [2.05, 4.69) is 5.32 Å². The highest BCUT2D eigenvalue weighted by atomic mass is 35.5. The minimum atomic E-state index is -0.922. The number of rotatable bonds is 4. The summed E-state index contributed by atoms with van der Waals surface area (Å²) in [7, 11) is 0. The van der Waals surface area contributed by atoms with E-state index in [0.717, 1.165) is 12.1 Å². The van der Waals surface area contributed by atoms with Gasteiger partial charge in [0.2, 0.25) is 5.82 Å². The molecular formula is C13H9ClF2N2O2. The van der Waals surface area contributed by atoms with Crippen molar-refractivity contribution in [1.29, 1.82) is 0 Å². The van der Waals surface area contributed by atoms with Gasteiger partial charge < -0.3 is 5.32 Å². The van der Waals surface area contributed by atoms with Crippen LogP contribution in [0.3, 0.4) is 0 Å². The van der Waals surface area contributed by atoms with E-state index in [1.54, 1.807) is 6.07 Å². The predicted octanol–water partition coefficient (Wildman–Crippen LogP) is 4.14. The highest BCUT2D eigenvalue weighted by Crippen LogP contribution is 2.23. The van der Waals surface area contributed by atoms with Crippen molar-refractivity contribution in [1.82, 2.24) is 0 Å². The molecule has 1 N–H and O–H groups in total. The lowest BCUT2D eigenvalue weighted by Gasteiger charge is -2.08. The van der Waals surface area contributed by atoms with Crippen LogP contribution in [0.5, 0.6) is 0 Å². The van der Waals surface area contributed by atoms with Gasteiger partial charge in [-0.2, -0.15) is 4.39 Å². The summed E-state index contributed by atoms with van der Waals surface area (Å²) in [5, 5.41) is 13.4. The maximum atomic E-state index is 13.6. The molecule has 0 aliphatic rings. The van der Waals surface area contributed by atoms with Crippen LogP contribution in [0.4, 0.5) is 20.2 Å². The number of nitro groups is 1. The molecule has 7 heteroatoms. The minimum Gasteiger partial charge on any atom is -0.381 e. The second-order valence-corrected chi connectivity index (χ2v) is 4.40. The highest BCUT2D eigenvalue weighted by Gasteiger charge is 2.14. The zero-order valence-corrected chi connectivity index (χ0v) is 10.8. The average Bonchev–Trinajstić information content (AvgIpc) is 2.41. The van der Waals surface area contributed by atoms with Gasteiger partial charge in [0.1, 0.15) is 5.82 Å². The number of nitrogens with one attached hydrogen (secondary N) is 1. The van der Waals surface area contributed by atoms with Crippen molar-refractivity contribution in [2.75, 3.05) is 5.32 Å². The Morgan fingerprint density at radius 2 is 2.00 bits per heavy atom. The van der Waals surface area contributed by atoms with E-state index < -0.39 is 22.2 Å². The van der Waals surface area contributed by atoms with Crippen LogP contribution in [0.15, 0.2) is 36.4 Å². The Morgan fingerprint density at radius 1 is 1.25 bits per heavy atom. The first-order valence-electron chi connectivity index (χ1n) is 5.59. The Morgan fingerprint density at radius 3 is 2.70 bits per heavy atom. The van der Waals surface area contributed by atoms with Gasteiger partial charge in [-0.3, -0.25) is 10.1 Å². The lowest BCUT2D eigenvalue weighted by Crippen LogP contribution is -2.03. The molecule has 0 aliphatic heterocycles. The molecule has 2 aromatic carbocycles. The van der Waals surface area contributed by atoms with Crippen LogP contribution >= 0.6 is 11.6 Å². The summed E-state index contributed by atoms with van der Waals surface area (Å²) in [5.41, 5.74) is -0.0106. The molecule has 0 aromatic heterocycles. The largest absolute Gasteiger partial charge is 0.381 e. The van der Waals surface area contributed by atoms with Gasteiger partial charge in [-0.25, -0.2) is 4.39 Å². The summed E-state index contributed by atoms with van der Waals surface area (Å²) in [5.74, 6) is -1.48. The molecule has 4 nitrogen and oxygen atoms in total. The molecule has 0 spiro atoms. The number of nitro benzene ring substituents is 1. The number of hydrogen-bond acceptors (Lipinski definition) is 3. The van der Waals surface area contributed by atoms with Crippen LogP contribution in [0.25, 0.3) is 0 Å². The number of halogens is 3. The number of benzene rings is 2. The van der Waals surface area contributed by atoms with Gasteiger partial charge in [0, 0.05) is 23.9 Å². The SMILES string of the molecule is O=[N+]([O-])c1cc(NCc2cccc(Cl)c2F)ccc1F. The minimum absolute atomic E-state index is 0.00520. The molecule has 0 heterocycles. The topological polar surface area (TPSA) is 55.2 Å². The van der Waals surface area contributed by atoms with Gasteiger partial charge >= 0.3 is 5.69 Å². The first-order chi connectivity index (χ1) is 9.49. The van der Waals surface area contributed by atoms with E-state index in [4.69, 9.17) is 11.6 Å². The summed E-state index contributed by atoms with van der Waals surface area (Å²) in [4.78, 5) is 9.79. The number of anilines is 1. The van der Waals surface area contributed by atoms with Crippen LogP contribution in [0.1, 0.15) is 5.56 Å². The molecule has 20 heavy (non-hydrogen) atoms. The molecule has 0 atom stereocenters. The van der Waals surface area contributed by atoms with Crippen LogP contribution < -0.4 is 5.32 Å². The lowest BCUT2D eigenvalue weighted by molar-refractivity contribution is -0.387. The third-order valence-electron chi connectivity index (χ3n) is 2.66. The van der Waals surface area contributed by atoms with Crippen molar-refractivity contribution in [2.24, 2.45) is 0 Å². The molecular weight excluding hydrogens is 290 g/mol. The molecule has 2 rings (SSSR count). The third-order valence-corrected chi connectivity index (χ3v) is 2.95. The van der Waals surface area contributed by atoms with Crippen molar-refractivity contribution in [3.63, 3.8) is 0 Å². The van der Waals surface area contributed by atoms with E-state index in [0.29, 0.717) is 11.3 Å². The van der Waals surface area contributed by atoms with Gasteiger partial charge in [-0.1, -0.05) is 23.7 Å². The average molecular weight is 299 g/mol. The molecule has 2 aromatic rings. The summed E-state index contributed by atoms with van der Waals surface area (Å²) in [6, 6.07) is 7.92. The number of hydrogen-bond donors (Lipinski definition) is 1. The first-order valence-corrected chi connectivity index (χ1v) is 5.97. The zero-order chi connectivity index (χ0) is 14.7. The second-order valence-electron chi connectivity index (χ2n) is 3.99. The fourth-order valence-electron chi connectivity index (χ4n) is 1.64. The smallest absolute Gasteiger partial charge is 0.306 e. The summed E-state index contributed by atoms with van der Waals surface area (Å²) in [6.45, 7) is 0.0786. The Balaban J connectivity index is 2.17. The predicted molar refractivity (Wildman–Crippen MR) is 71.8 cm³/mol. The van der Waals surface area contributed by atoms with E-state index in [1.165, 1.54) is 18.2 Å². The van der Waals surface area contributed by atoms with E-state index in [1.807, 2.05) is 0 Å². The van der Waals surface area contributed by atoms with Crippen molar-refractivity contribution < 1.29 is 13.7 Å². The van der Waals surface area contributed by atoms with Crippen molar-refractivity contribution in [3.05, 3.63) is 68.7 Å². The molecule has 0 saturated heterocycles. The van der Waals surface area contributed by atoms with Crippen molar-refractivity contribution in [3.8, 4) is 0 Å². The maximum Gasteiger partial charge on any atom is 0.306 e. The van der Waals surface area contributed by atoms with Crippen LogP contribution in [0, 0.1) is 21.7 Å². The molecule has 0 amide bonds. The molecule has 0 aliphatic carbocycles. The fraction of sp³-hybridized carbons (Fsp3) is 0.0769. The normalized spacial score (nSPS) is 10.3. The van der Waals surface area contributed by atoms with Crippen LogP contribution in [-0.2, 0) is 6.54 Å². The molecule has 0 fully saturated rings. The molecule has 104 valence electrons. The van der Waals surface area contributed by atoms with E-state index in [9.17, 15) is 18.9 Å². The van der Waals surface area contributed by atoms with Crippen molar-refractivity contribution in [2.45, 2.75) is 6.54 Å². The second kappa shape index (κ2) is 5.83. The Labute approximate surface area is 118 Å². The number of nitrogens with zero attached hydrogens (tertiary/aromatic N) is 1. The maximum absolute atomic E-state index is 13.6.